The summed E-state index contributed by atoms with van der Waals surface area (Å²) in [6, 6.07) is 0. The van der Waals surface area contributed by atoms with E-state index in [-0.39, 0.29) is 5.78 Å². The fourth-order valence-electron chi connectivity index (χ4n) is 0.475. The number of carbonyl (C=O) groups is 1. The first kappa shape index (κ1) is 6.23. The highest BCUT2D eigenvalue weighted by molar-refractivity contribution is 8.22. The molecular formula is C5H6OS2. The molecule has 1 nitrogen and oxygen atoms in total. The van der Waals surface area contributed by atoms with Crippen molar-refractivity contribution in [1.82, 2.24) is 0 Å². The summed E-state index contributed by atoms with van der Waals surface area (Å²) in [5.74, 6) is 0.898. The quantitative estimate of drug-likeness (QED) is 0.558. The van der Waals surface area contributed by atoms with E-state index < -0.39 is 0 Å². The summed E-state index contributed by atoms with van der Waals surface area (Å²) in [6.07, 6.45) is 3.69. The van der Waals surface area contributed by atoms with Crippen molar-refractivity contribution in [3.8, 4) is 0 Å². The number of hydrogen-bond acceptors (Lipinski definition) is 3. The molecule has 0 spiro atoms. The lowest BCUT2D eigenvalue weighted by Crippen LogP contribution is -1.86. The van der Waals surface area contributed by atoms with E-state index in [4.69, 9.17) is 0 Å². The van der Waals surface area contributed by atoms with E-state index in [0.29, 0.717) is 5.75 Å². The maximum absolute atomic E-state index is 10.5. The van der Waals surface area contributed by atoms with Crippen LogP contribution in [0.15, 0.2) is 10.3 Å². The smallest absolute Gasteiger partial charge is 0.167 e. The van der Waals surface area contributed by atoms with Crippen LogP contribution in [0.5, 0.6) is 0 Å². The summed E-state index contributed by atoms with van der Waals surface area (Å²) >= 11 is 3.26. The Labute approximate surface area is 56.9 Å². The van der Waals surface area contributed by atoms with Gasteiger partial charge in [0.15, 0.2) is 5.78 Å². The fraction of sp³-hybridized carbons (Fsp3) is 0.400. The van der Waals surface area contributed by atoms with Gasteiger partial charge in [-0.15, -0.1) is 23.5 Å². The topological polar surface area (TPSA) is 17.1 Å². The van der Waals surface area contributed by atoms with Crippen molar-refractivity contribution in [2.45, 2.75) is 0 Å². The minimum atomic E-state index is 0.249. The SMILES string of the molecule is CSC1=CC(=O)CS1. The number of thioether (sulfide) groups is 2. The lowest BCUT2D eigenvalue weighted by Gasteiger charge is -1.87. The average Bonchev–Trinajstić information content (AvgIpc) is 2.14. The lowest BCUT2D eigenvalue weighted by atomic mass is 10.5. The molecule has 0 atom stereocenters. The molecule has 0 fully saturated rings. The van der Waals surface area contributed by atoms with Crippen LogP contribution < -0.4 is 0 Å². The van der Waals surface area contributed by atoms with Crippen LogP contribution in [0.1, 0.15) is 0 Å². The first-order valence-electron chi connectivity index (χ1n) is 2.24. The average molecular weight is 146 g/mol. The van der Waals surface area contributed by atoms with Gasteiger partial charge in [0.25, 0.3) is 0 Å². The summed E-state index contributed by atoms with van der Waals surface area (Å²) < 4.78 is 1.15. The summed E-state index contributed by atoms with van der Waals surface area (Å²) in [6.45, 7) is 0. The summed E-state index contributed by atoms with van der Waals surface area (Å²) in [5.41, 5.74) is 0. The Kier molecular flexibility index (Phi) is 2.02. The zero-order valence-corrected chi connectivity index (χ0v) is 6.14. The first-order chi connectivity index (χ1) is 3.83. The van der Waals surface area contributed by atoms with Gasteiger partial charge in [-0.1, -0.05) is 0 Å². The van der Waals surface area contributed by atoms with E-state index in [2.05, 4.69) is 0 Å². The standard InChI is InChI=1S/C5H6OS2/c1-7-5-2-4(6)3-8-5/h2H,3H2,1H3. The molecule has 1 aliphatic rings. The second kappa shape index (κ2) is 2.60. The second-order valence-corrected chi connectivity index (χ2v) is 3.55. The number of ketones is 1. The normalized spacial score (nSPS) is 19.1. The fourth-order valence-corrected chi connectivity index (χ4v) is 1.95. The molecule has 0 saturated heterocycles. The van der Waals surface area contributed by atoms with E-state index in [1.165, 1.54) is 0 Å². The number of carbonyl (C=O) groups excluding carboxylic acids is 1. The van der Waals surface area contributed by atoms with Gasteiger partial charge in [-0.2, -0.15) is 0 Å². The van der Waals surface area contributed by atoms with Crippen molar-refractivity contribution in [1.29, 1.82) is 0 Å². The second-order valence-electron chi connectivity index (χ2n) is 1.42. The maximum Gasteiger partial charge on any atom is 0.167 e. The van der Waals surface area contributed by atoms with Gasteiger partial charge >= 0.3 is 0 Å². The zero-order chi connectivity index (χ0) is 5.98. The van der Waals surface area contributed by atoms with Crippen LogP contribution in [0.4, 0.5) is 0 Å². The molecule has 8 heavy (non-hydrogen) atoms. The molecule has 1 aliphatic heterocycles. The predicted octanol–water partition coefficient (Wildman–Crippen LogP) is 1.51. The Morgan fingerprint density at radius 2 is 2.62 bits per heavy atom. The van der Waals surface area contributed by atoms with Crippen molar-refractivity contribution < 1.29 is 4.79 Å². The first-order valence-corrected chi connectivity index (χ1v) is 4.45. The highest BCUT2D eigenvalue weighted by Gasteiger charge is 2.10. The van der Waals surface area contributed by atoms with E-state index in [1.54, 1.807) is 29.6 Å². The van der Waals surface area contributed by atoms with Crippen LogP contribution >= 0.6 is 23.5 Å². The largest absolute Gasteiger partial charge is 0.294 e. The molecule has 0 aromatic carbocycles. The van der Waals surface area contributed by atoms with Gasteiger partial charge in [-0.25, -0.2) is 0 Å². The predicted molar refractivity (Wildman–Crippen MR) is 39.1 cm³/mol. The molecule has 0 aromatic rings. The van der Waals surface area contributed by atoms with Crippen LogP contribution in [-0.2, 0) is 4.79 Å². The van der Waals surface area contributed by atoms with Crippen molar-refractivity contribution >= 4 is 29.3 Å². The van der Waals surface area contributed by atoms with E-state index in [0.717, 1.165) is 4.24 Å². The highest BCUT2D eigenvalue weighted by Crippen LogP contribution is 2.30. The molecule has 44 valence electrons. The van der Waals surface area contributed by atoms with Crippen LogP contribution in [0.2, 0.25) is 0 Å². The molecule has 1 heterocycles. The Morgan fingerprint density at radius 3 is 2.88 bits per heavy atom. The number of hydrogen-bond donors (Lipinski definition) is 0. The molecule has 0 radical (unpaired) electrons. The minimum absolute atomic E-state index is 0.249. The lowest BCUT2D eigenvalue weighted by molar-refractivity contribution is -0.112. The molecule has 0 bridgehead atoms. The van der Waals surface area contributed by atoms with Crippen LogP contribution in [-0.4, -0.2) is 17.8 Å². The summed E-state index contributed by atoms with van der Waals surface area (Å²) in [7, 11) is 0. The molecule has 0 aliphatic carbocycles. The summed E-state index contributed by atoms with van der Waals surface area (Å²) in [4.78, 5) is 10.5. The number of allylic oxidation sites excluding steroid dienone is 1. The highest BCUT2D eigenvalue weighted by atomic mass is 32.2. The Balaban J connectivity index is 2.57. The van der Waals surface area contributed by atoms with Gasteiger partial charge < -0.3 is 0 Å². The zero-order valence-electron chi connectivity index (χ0n) is 4.51. The Bertz CT molecular complexity index is 139. The molecule has 0 aromatic heterocycles. The molecular weight excluding hydrogens is 140 g/mol. The summed E-state index contributed by atoms with van der Waals surface area (Å²) in [5, 5.41) is 0. The van der Waals surface area contributed by atoms with Crippen molar-refractivity contribution in [2.75, 3.05) is 12.0 Å². The maximum atomic E-state index is 10.5. The molecule has 1 rings (SSSR count). The molecule has 0 amide bonds. The minimum Gasteiger partial charge on any atom is -0.294 e. The molecule has 0 unspecified atom stereocenters. The third-order valence-electron chi connectivity index (χ3n) is 0.837. The van der Waals surface area contributed by atoms with Gasteiger partial charge in [0, 0.05) is 10.3 Å². The van der Waals surface area contributed by atoms with Gasteiger partial charge in [0.2, 0.25) is 0 Å². The van der Waals surface area contributed by atoms with Crippen LogP contribution in [0.3, 0.4) is 0 Å². The van der Waals surface area contributed by atoms with Crippen molar-refractivity contribution in [3.63, 3.8) is 0 Å². The van der Waals surface area contributed by atoms with E-state index >= 15 is 0 Å². The van der Waals surface area contributed by atoms with Gasteiger partial charge in [0.1, 0.15) is 0 Å². The van der Waals surface area contributed by atoms with E-state index in [9.17, 15) is 4.79 Å². The molecule has 0 N–H and O–H groups in total. The van der Waals surface area contributed by atoms with Gasteiger partial charge in [-0.05, 0) is 6.26 Å². The third-order valence-corrected chi connectivity index (χ3v) is 3.04. The monoisotopic (exact) mass is 146 g/mol. The van der Waals surface area contributed by atoms with Crippen LogP contribution in [0, 0.1) is 0 Å². The van der Waals surface area contributed by atoms with Gasteiger partial charge in [-0.3, -0.25) is 4.79 Å². The van der Waals surface area contributed by atoms with Gasteiger partial charge in [0.05, 0.1) is 5.75 Å². The Hall–Kier alpha value is 0.110. The third kappa shape index (κ3) is 1.29. The van der Waals surface area contributed by atoms with Crippen molar-refractivity contribution in [2.24, 2.45) is 0 Å². The van der Waals surface area contributed by atoms with Crippen LogP contribution in [0.25, 0.3) is 0 Å². The molecule has 3 heteroatoms. The van der Waals surface area contributed by atoms with Crippen molar-refractivity contribution in [3.05, 3.63) is 10.3 Å². The number of rotatable bonds is 1. The van der Waals surface area contributed by atoms with E-state index in [1.807, 2.05) is 6.26 Å². The molecule has 0 saturated carbocycles. The Morgan fingerprint density at radius 1 is 1.88 bits per heavy atom.